The third kappa shape index (κ3) is 3.75. The van der Waals surface area contributed by atoms with Crippen LogP contribution in [0.1, 0.15) is 28.6 Å². The van der Waals surface area contributed by atoms with Crippen molar-refractivity contribution < 1.29 is 0 Å². The Morgan fingerprint density at radius 1 is 1.04 bits per heavy atom. The molecule has 2 aromatic heterocycles. The van der Waals surface area contributed by atoms with Gasteiger partial charge in [0.25, 0.3) is 0 Å². The highest BCUT2D eigenvalue weighted by atomic mass is 15.4. The van der Waals surface area contributed by atoms with E-state index < -0.39 is 0 Å². The van der Waals surface area contributed by atoms with Crippen molar-refractivity contribution in [1.29, 1.82) is 0 Å². The predicted molar refractivity (Wildman–Crippen MR) is 102 cm³/mol. The van der Waals surface area contributed by atoms with Gasteiger partial charge in [-0.15, -0.1) is 0 Å². The second-order valence-electron chi connectivity index (χ2n) is 6.97. The Morgan fingerprint density at radius 2 is 1.77 bits per heavy atom. The summed E-state index contributed by atoms with van der Waals surface area (Å²) in [7, 11) is 0. The molecule has 0 radical (unpaired) electrons. The van der Waals surface area contributed by atoms with Gasteiger partial charge >= 0.3 is 0 Å². The van der Waals surface area contributed by atoms with Crippen molar-refractivity contribution in [2.75, 3.05) is 18.4 Å². The Morgan fingerprint density at radius 3 is 2.42 bits per heavy atom. The number of aryl methyl sites for hydroxylation is 2. The van der Waals surface area contributed by atoms with E-state index >= 15 is 0 Å². The van der Waals surface area contributed by atoms with Crippen LogP contribution in [0.3, 0.4) is 0 Å². The van der Waals surface area contributed by atoms with E-state index in [1.165, 1.54) is 11.3 Å². The number of likely N-dealkylation sites (tertiary alicyclic amines) is 1. The van der Waals surface area contributed by atoms with E-state index in [2.05, 4.69) is 55.1 Å². The van der Waals surface area contributed by atoms with Gasteiger partial charge in [-0.2, -0.15) is 5.10 Å². The van der Waals surface area contributed by atoms with Crippen LogP contribution in [0.15, 0.2) is 48.8 Å². The molecule has 3 heterocycles. The first kappa shape index (κ1) is 16.7. The molecular formula is C20H24N6. The topological polar surface area (TPSA) is 58.9 Å². The van der Waals surface area contributed by atoms with E-state index in [1.807, 2.05) is 37.5 Å². The van der Waals surface area contributed by atoms with Crippen LogP contribution in [0.4, 0.5) is 5.95 Å². The lowest BCUT2D eigenvalue weighted by Crippen LogP contribution is -2.47. The van der Waals surface area contributed by atoms with Gasteiger partial charge in [-0.05, 0) is 25.5 Å². The summed E-state index contributed by atoms with van der Waals surface area (Å²) in [6, 6.07) is 12.9. The molecule has 0 aliphatic carbocycles. The van der Waals surface area contributed by atoms with Crippen molar-refractivity contribution in [1.82, 2.24) is 24.6 Å². The Balaban J connectivity index is 1.27. The van der Waals surface area contributed by atoms with Crippen LogP contribution < -0.4 is 5.32 Å². The molecule has 0 spiro atoms. The van der Waals surface area contributed by atoms with Crippen LogP contribution in [0.2, 0.25) is 0 Å². The number of hydrogen-bond acceptors (Lipinski definition) is 5. The molecule has 4 rings (SSSR count). The van der Waals surface area contributed by atoms with Crippen molar-refractivity contribution in [3.63, 3.8) is 0 Å². The molecular weight excluding hydrogens is 324 g/mol. The van der Waals surface area contributed by atoms with Crippen LogP contribution in [-0.2, 0) is 13.1 Å². The fourth-order valence-electron chi connectivity index (χ4n) is 3.41. The third-order valence-electron chi connectivity index (χ3n) is 4.73. The van der Waals surface area contributed by atoms with Gasteiger partial charge in [0.1, 0.15) is 0 Å². The maximum Gasteiger partial charge on any atom is 0.222 e. The maximum atomic E-state index is 4.59. The number of aromatic nitrogens is 4. The van der Waals surface area contributed by atoms with Gasteiger partial charge in [-0.25, -0.2) is 9.97 Å². The van der Waals surface area contributed by atoms with Crippen molar-refractivity contribution in [3.05, 3.63) is 71.3 Å². The van der Waals surface area contributed by atoms with E-state index in [-0.39, 0.29) is 0 Å². The molecule has 0 atom stereocenters. The molecule has 134 valence electrons. The fraction of sp³-hybridized carbons (Fsp3) is 0.350. The number of benzene rings is 1. The van der Waals surface area contributed by atoms with E-state index in [9.17, 15) is 0 Å². The van der Waals surface area contributed by atoms with E-state index in [1.54, 1.807) is 0 Å². The average molecular weight is 348 g/mol. The quantitative estimate of drug-likeness (QED) is 0.742. The lowest BCUT2D eigenvalue weighted by molar-refractivity contribution is 0.0891. The Bertz CT molecular complexity index is 850. The largest absolute Gasteiger partial charge is 0.350 e. The molecule has 6 nitrogen and oxygen atoms in total. The summed E-state index contributed by atoms with van der Waals surface area (Å²) >= 11 is 0. The van der Waals surface area contributed by atoms with Crippen LogP contribution in [0, 0.1) is 13.8 Å². The van der Waals surface area contributed by atoms with Gasteiger partial charge in [0, 0.05) is 49.8 Å². The fourth-order valence-corrected chi connectivity index (χ4v) is 3.41. The van der Waals surface area contributed by atoms with Crippen molar-refractivity contribution in [2.24, 2.45) is 0 Å². The molecule has 26 heavy (non-hydrogen) atoms. The first-order valence-corrected chi connectivity index (χ1v) is 9.01. The summed E-state index contributed by atoms with van der Waals surface area (Å²) in [6.45, 7) is 7.83. The molecule has 0 bridgehead atoms. The second kappa shape index (κ2) is 7.25. The van der Waals surface area contributed by atoms with E-state index in [0.29, 0.717) is 12.0 Å². The highest BCUT2D eigenvalue weighted by molar-refractivity contribution is 5.28. The van der Waals surface area contributed by atoms with Crippen LogP contribution in [0.25, 0.3) is 0 Å². The van der Waals surface area contributed by atoms with Gasteiger partial charge in [0.05, 0.1) is 11.7 Å². The minimum Gasteiger partial charge on any atom is -0.350 e. The molecule has 1 saturated heterocycles. The van der Waals surface area contributed by atoms with Gasteiger partial charge in [-0.1, -0.05) is 30.3 Å². The highest BCUT2D eigenvalue weighted by Crippen LogP contribution is 2.24. The van der Waals surface area contributed by atoms with Crippen LogP contribution >= 0.6 is 0 Å². The summed E-state index contributed by atoms with van der Waals surface area (Å²) in [5.74, 6) is 0.668. The standard InChI is InChI=1S/C20H24N6/c1-15-8-16(2)26(24-15)19-13-25(14-19)12-18-10-22-20(23-11-18)21-9-17-6-4-3-5-7-17/h3-8,10-11,19H,9,12-14H2,1-2H3,(H,21,22,23). The third-order valence-corrected chi connectivity index (χ3v) is 4.73. The molecule has 3 aromatic rings. The predicted octanol–water partition coefficient (Wildman–Crippen LogP) is 2.96. The summed E-state index contributed by atoms with van der Waals surface area (Å²) in [5.41, 5.74) is 4.69. The van der Waals surface area contributed by atoms with Gasteiger partial charge in [-0.3, -0.25) is 9.58 Å². The van der Waals surface area contributed by atoms with Crippen molar-refractivity contribution in [3.8, 4) is 0 Å². The maximum absolute atomic E-state index is 4.59. The minimum absolute atomic E-state index is 0.483. The zero-order valence-electron chi connectivity index (χ0n) is 15.3. The molecule has 1 fully saturated rings. The average Bonchev–Trinajstić information content (AvgIpc) is 2.95. The summed E-state index contributed by atoms with van der Waals surface area (Å²) in [6.07, 6.45) is 3.83. The number of hydrogen-bond donors (Lipinski definition) is 1. The number of rotatable bonds is 6. The number of nitrogens with zero attached hydrogens (tertiary/aromatic N) is 5. The smallest absolute Gasteiger partial charge is 0.222 e. The zero-order valence-corrected chi connectivity index (χ0v) is 15.3. The molecule has 0 unspecified atom stereocenters. The summed E-state index contributed by atoms with van der Waals surface area (Å²) in [5, 5.41) is 7.85. The summed E-state index contributed by atoms with van der Waals surface area (Å²) in [4.78, 5) is 11.3. The molecule has 1 aliphatic heterocycles. The first-order chi connectivity index (χ1) is 12.7. The molecule has 1 N–H and O–H groups in total. The van der Waals surface area contributed by atoms with Crippen LogP contribution in [-0.4, -0.2) is 37.7 Å². The molecule has 1 aromatic carbocycles. The molecule has 0 amide bonds. The molecule has 1 aliphatic rings. The Kier molecular flexibility index (Phi) is 4.67. The minimum atomic E-state index is 0.483. The zero-order chi connectivity index (χ0) is 17.9. The SMILES string of the molecule is Cc1cc(C)n(C2CN(Cc3cnc(NCc4ccccc4)nc3)C2)n1. The molecule has 6 heteroatoms. The van der Waals surface area contributed by atoms with Crippen LogP contribution in [0.5, 0.6) is 0 Å². The number of anilines is 1. The normalized spacial score (nSPS) is 15.0. The second-order valence-corrected chi connectivity index (χ2v) is 6.97. The van der Waals surface area contributed by atoms with Gasteiger partial charge in [0.2, 0.25) is 5.95 Å². The lowest BCUT2D eigenvalue weighted by Gasteiger charge is -2.39. The molecule has 0 saturated carbocycles. The monoisotopic (exact) mass is 348 g/mol. The van der Waals surface area contributed by atoms with Crippen molar-refractivity contribution >= 4 is 5.95 Å². The van der Waals surface area contributed by atoms with E-state index in [4.69, 9.17) is 0 Å². The Hall–Kier alpha value is -2.73. The number of nitrogens with one attached hydrogen (secondary N) is 1. The van der Waals surface area contributed by atoms with Gasteiger partial charge < -0.3 is 5.32 Å². The first-order valence-electron chi connectivity index (χ1n) is 9.01. The highest BCUT2D eigenvalue weighted by Gasteiger charge is 2.29. The Labute approximate surface area is 153 Å². The summed E-state index contributed by atoms with van der Waals surface area (Å²) < 4.78 is 2.15. The van der Waals surface area contributed by atoms with E-state index in [0.717, 1.165) is 37.4 Å². The van der Waals surface area contributed by atoms with Crippen molar-refractivity contribution in [2.45, 2.75) is 33.0 Å². The van der Waals surface area contributed by atoms with Gasteiger partial charge in [0.15, 0.2) is 0 Å². The lowest BCUT2D eigenvalue weighted by atomic mass is 10.1.